The zero-order chi connectivity index (χ0) is 13.8. The van der Waals surface area contributed by atoms with Gasteiger partial charge in [-0.05, 0) is 24.1 Å². The van der Waals surface area contributed by atoms with Crippen LogP contribution in [-0.4, -0.2) is 16.1 Å². The fourth-order valence-corrected chi connectivity index (χ4v) is 1.77. The summed E-state index contributed by atoms with van der Waals surface area (Å²) in [6.07, 6.45) is 1.44. The molecule has 4 N–H and O–H groups in total. The summed E-state index contributed by atoms with van der Waals surface area (Å²) in [6.45, 7) is 2.52. The lowest BCUT2D eigenvalue weighted by Crippen LogP contribution is -2.09. The largest absolute Gasteiger partial charge is 0.478 e. The predicted octanol–water partition coefficient (Wildman–Crippen LogP) is 2.28. The lowest BCUT2D eigenvalue weighted by molar-refractivity contribution is 0.0697. The Bertz CT molecular complexity index is 611. The minimum absolute atomic E-state index is 0.0774. The molecule has 0 aliphatic carbocycles. The predicted molar refractivity (Wildman–Crippen MR) is 74.1 cm³/mol. The summed E-state index contributed by atoms with van der Waals surface area (Å²) < 4.78 is 0. The Morgan fingerprint density at radius 3 is 2.84 bits per heavy atom. The molecule has 0 saturated heterocycles. The lowest BCUT2D eigenvalue weighted by atomic mass is 10.1. The fourth-order valence-electron chi connectivity index (χ4n) is 1.77. The summed E-state index contributed by atoms with van der Waals surface area (Å²) in [5, 5.41) is 12.1. The van der Waals surface area contributed by atoms with E-state index >= 15 is 0 Å². The van der Waals surface area contributed by atoms with Crippen molar-refractivity contribution in [1.29, 1.82) is 0 Å². The molecule has 1 aromatic heterocycles. The summed E-state index contributed by atoms with van der Waals surface area (Å²) in [7, 11) is 0. The maximum absolute atomic E-state index is 11.1. The first-order valence-corrected chi connectivity index (χ1v) is 5.85. The van der Waals surface area contributed by atoms with Crippen molar-refractivity contribution in [1.82, 2.24) is 4.98 Å². The van der Waals surface area contributed by atoms with E-state index in [-0.39, 0.29) is 5.56 Å². The van der Waals surface area contributed by atoms with Gasteiger partial charge in [0.15, 0.2) is 0 Å². The van der Waals surface area contributed by atoms with E-state index in [1.54, 1.807) is 0 Å². The van der Waals surface area contributed by atoms with Gasteiger partial charge in [0, 0.05) is 6.54 Å². The summed E-state index contributed by atoms with van der Waals surface area (Å²) in [5.74, 6) is -0.725. The third-order valence-electron chi connectivity index (χ3n) is 2.85. The Hall–Kier alpha value is -2.56. The molecule has 0 aliphatic rings. The number of hydrogen-bond acceptors (Lipinski definition) is 4. The number of carboxylic acids is 1. The van der Waals surface area contributed by atoms with Gasteiger partial charge in [0.2, 0.25) is 0 Å². The van der Waals surface area contributed by atoms with Crippen molar-refractivity contribution >= 4 is 17.5 Å². The number of hydrogen-bond donors (Lipinski definition) is 3. The fraction of sp³-hybridized carbons (Fsp3) is 0.143. The number of aromatic nitrogens is 1. The molecule has 2 rings (SSSR count). The molecular weight excluding hydrogens is 242 g/mol. The van der Waals surface area contributed by atoms with Gasteiger partial charge in [-0.1, -0.05) is 24.3 Å². The molecule has 0 saturated carbocycles. The molecule has 0 radical (unpaired) electrons. The summed E-state index contributed by atoms with van der Waals surface area (Å²) in [4.78, 5) is 15.1. The Morgan fingerprint density at radius 2 is 2.16 bits per heavy atom. The second kappa shape index (κ2) is 5.39. The molecule has 5 nitrogen and oxygen atoms in total. The normalized spacial score (nSPS) is 10.2. The van der Waals surface area contributed by atoms with E-state index in [1.165, 1.54) is 12.3 Å². The van der Waals surface area contributed by atoms with Crippen molar-refractivity contribution in [2.45, 2.75) is 13.5 Å². The number of benzene rings is 1. The van der Waals surface area contributed by atoms with Crippen molar-refractivity contribution in [2.75, 3.05) is 11.1 Å². The lowest BCUT2D eigenvalue weighted by Gasteiger charge is -2.10. The zero-order valence-electron chi connectivity index (χ0n) is 10.6. The van der Waals surface area contributed by atoms with E-state index in [2.05, 4.69) is 10.3 Å². The molecule has 98 valence electrons. The minimum Gasteiger partial charge on any atom is -0.478 e. The van der Waals surface area contributed by atoms with Crippen LogP contribution in [0.5, 0.6) is 0 Å². The first-order valence-electron chi connectivity index (χ1n) is 5.85. The average Bonchev–Trinajstić information content (AvgIpc) is 2.38. The van der Waals surface area contributed by atoms with Gasteiger partial charge in [0.05, 0.1) is 11.9 Å². The van der Waals surface area contributed by atoms with Gasteiger partial charge >= 0.3 is 5.97 Å². The third-order valence-corrected chi connectivity index (χ3v) is 2.85. The molecule has 0 amide bonds. The number of rotatable bonds is 4. The highest BCUT2D eigenvalue weighted by Gasteiger charge is 2.11. The molecule has 0 atom stereocenters. The van der Waals surface area contributed by atoms with Gasteiger partial charge < -0.3 is 16.2 Å². The molecule has 1 heterocycles. The van der Waals surface area contributed by atoms with Crippen LogP contribution in [0.1, 0.15) is 21.5 Å². The number of nitrogens with zero attached hydrogens (tertiary/aromatic N) is 1. The van der Waals surface area contributed by atoms with Crippen LogP contribution in [0.2, 0.25) is 0 Å². The summed E-state index contributed by atoms with van der Waals surface area (Å²) in [5.41, 5.74) is 8.19. The second-order valence-corrected chi connectivity index (χ2v) is 4.25. The van der Waals surface area contributed by atoms with Crippen LogP contribution in [0.4, 0.5) is 11.5 Å². The van der Waals surface area contributed by atoms with Gasteiger partial charge in [-0.2, -0.15) is 0 Å². The van der Waals surface area contributed by atoms with Crippen molar-refractivity contribution in [3.05, 3.63) is 53.2 Å². The number of anilines is 2. The maximum Gasteiger partial charge on any atom is 0.339 e. The standard InChI is InChI=1S/C14H15N3O2/c1-9-4-2-3-5-10(9)7-16-13-12(14(18)19)6-11(15)8-17-13/h2-6,8H,7,15H2,1H3,(H,16,17)(H,18,19). The third kappa shape index (κ3) is 3.01. The first-order chi connectivity index (χ1) is 9.08. The summed E-state index contributed by atoms with van der Waals surface area (Å²) >= 11 is 0. The van der Waals surface area contributed by atoms with E-state index in [0.717, 1.165) is 11.1 Å². The molecule has 19 heavy (non-hydrogen) atoms. The summed E-state index contributed by atoms with van der Waals surface area (Å²) in [6, 6.07) is 9.29. The Balaban J connectivity index is 2.20. The van der Waals surface area contributed by atoms with Crippen molar-refractivity contribution < 1.29 is 9.90 Å². The van der Waals surface area contributed by atoms with Crippen LogP contribution in [0.15, 0.2) is 36.5 Å². The van der Waals surface area contributed by atoms with E-state index in [0.29, 0.717) is 18.1 Å². The number of nitrogens with one attached hydrogen (secondary N) is 1. The molecule has 0 fully saturated rings. The highest BCUT2D eigenvalue weighted by molar-refractivity contribution is 5.94. The molecular formula is C14H15N3O2. The first kappa shape index (κ1) is 12.9. The Kier molecular flexibility index (Phi) is 3.66. The average molecular weight is 257 g/mol. The molecule has 0 spiro atoms. The van der Waals surface area contributed by atoms with Crippen molar-refractivity contribution in [3.8, 4) is 0 Å². The van der Waals surface area contributed by atoms with Gasteiger partial charge in [-0.15, -0.1) is 0 Å². The van der Waals surface area contributed by atoms with E-state index < -0.39 is 5.97 Å². The quantitative estimate of drug-likeness (QED) is 0.782. The molecule has 1 aromatic carbocycles. The van der Waals surface area contributed by atoms with Crippen molar-refractivity contribution in [2.24, 2.45) is 0 Å². The number of nitrogens with two attached hydrogens (primary N) is 1. The van der Waals surface area contributed by atoms with Gasteiger partial charge in [0.1, 0.15) is 11.4 Å². The smallest absolute Gasteiger partial charge is 0.339 e. The SMILES string of the molecule is Cc1ccccc1CNc1ncc(N)cc1C(=O)O. The molecule has 0 unspecified atom stereocenters. The van der Waals surface area contributed by atoms with Crippen LogP contribution in [0.3, 0.4) is 0 Å². The van der Waals surface area contributed by atoms with Crippen LogP contribution in [0, 0.1) is 6.92 Å². The highest BCUT2D eigenvalue weighted by atomic mass is 16.4. The molecule has 5 heteroatoms. The second-order valence-electron chi connectivity index (χ2n) is 4.25. The molecule has 2 aromatic rings. The monoisotopic (exact) mass is 257 g/mol. The molecule has 0 bridgehead atoms. The van der Waals surface area contributed by atoms with Crippen LogP contribution < -0.4 is 11.1 Å². The van der Waals surface area contributed by atoms with E-state index in [1.807, 2.05) is 31.2 Å². The number of aromatic carboxylic acids is 1. The van der Waals surface area contributed by atoms with Gasteiger partial charge in [-0.25, -0.2) is 9.78 Å². The number of aryl methyl sites for hydroxylation is 1. The topological polar surface area (TPSA) is 88.2 Å². The number of pyridine rings is 1. The van der Waals surface area contributed by atoms with Gasteiger partial charge in [-0.3, -0.25) is 0 Å². The number of nitrogen functional groups attached to an aromatic ring is 1. The Labute approximate surface area is 111 Å². The highest BCUT2D eigenvalue weighted by Crippen LogP contribution is 2.17. The van der Waals surface area contributed by atoms with Gasteiger partial charge in [0.25, 0.3) is 0 Å². The van der Waals surface area contributed by atoms with Crippen molar-refractivity contribution in [3.63, 3.8) is 0 Å². The maximum atomic E-state index is 11.1. The van der Waals surface area contributed by atoms with E-state index in [4.69, 9.17) is 10.8 Å². The number of carbonyl (C=O) groups is 1. The minimum atomic E-state index is -1.05. The van der Waals surface area contributed by atoms with Crippen LogP contribution in [-0.2, 0) is 6.54 Å². The van der Waals surface area contributed by atoms with Crippen LogP contribution >= 0.6 is 0 Å². The molecule has 0 aliphatic heterocycles. The van der Waals surface area contributed by atoms with Crippen LogP contribution in [0.25, 0.3) is 0 Å². The number of carboxylic acid groups (broad SMARTS) is 1. The van der Waals surface area contributed by atoms with E-state index in [9.17, 15) is 4.79 Å². The zero-order valence-corrected chi connectivity index (χ0v) is 10.6. The Morgan fingerprint density at radius 1 is 1.42 bits per heavy atom.